The second-order valence-electron chi connectivity index (χ2n) is 5.13. The average Bonchev–Trinajstić information content (AvgIpc) is 2.79. The Morgan fingerprint density at radius 1 is 0.905 bits per heavy atom. The molecule has 0 radical (unpaired) electrons. The zero-order valence-electron chi connectivity index (χ0n) is 12.0. The van der Waals surface area contributed by atoms with E-state index < -0.39 is 0 Å². The highest BCUT2D eigenvalue weighted by molar-refractivity contribution is 6.13. The predicted molar refractivity (Wildman–Crippen MR) is 85.8 cm³/mol. The van der Waals surface area contributed by atoms with E-state index in [-0.39, 0.29) is 11.6 Å². The molecule has 0 aliphatic rings. The van der Waals surface area contributed by atoms with Crippen molar-refractivity contribution in [1.82, 2.24) is 4.57 Å². The topological polar surface area (TPSA) is 39.1 Å². The molecule has 0 aliphatic heterocycles. The summed E-state index contributed by atoms with van der Waals surface area (Å²) in [6.45, 7) is 6.95. The molecule has 104 valence electrons. The van der Waals surface area contributed by atoms with Crippen molar-refractivity contribution in [3.8, 4) is 0 Å². The van der Waals surface area contributed by atoms with Crippen molar-refractivity contribution in [3.05, 3.63) is 54.1 Å². The Kier molecular flexibility index (Phi) is 2.98. The molecule has 0 N–H and O–H groups in total. The Morgan fingerprint density at radius 3 is 1.67 bits per heavy atom. The minimum atomic E-state index is 0.0270. The molecule has 0 atom stereocenters. The van der Waals surface area contributed by atoms with Gasteiger partial charge in [0.2, 0.25) is 0 Å². The first-order valence-corrected chi connectivity index (χ1v) is 6.75. The molecule has 1 aromatic heterocycles. The SMILES string of the molecule is C=Cn1c2ccc(C(C)=O)cc2c2cc(C(C)=O)ccc21. The standard InChI is InChI=1S/C18H15NO2/c1-4-19-17-7-5-13(11(2)20)9-15(17)16-10-14(12(3)21)6-8-18(16)19/h4-10H,1H2,2-3H3. The maximum atomic E-state index is 11.6. The summed E-state index contributed by atoms with van der Waals surface area (Å²) in [4.78, 5) is 23.2. The third kappa shape index (κ3) is 1.98. The maximum Gasteiger partial charge on any atom is 0.159 e. The van der Waals surface area contributed by atoms with Gasteiger partial charge >= 0.3 is 0 Å². The van der Waals surface area contributed by atoms with Gasteiger partial charge in [0.25, 0.3) is 0 Å². The molecule has 0 unspecified atom stereocenters. The monoisotopic (exact) mass is 277 g/mol. The van der Waals surface area contributed by atoms with E-state index in [2.05, 4.69) is 6.58 Å². The van der Waals surface area contributed by atoms with Gasteiger partial charge in [0.1, 0.15) is 0 Å². The van der Waals surface area contributed by atoms with E-state index in [0.717, 1.165) is 21.8 Å². The Bertz CT molecular complexity index is 845. The fourth-order valence-electron chi connectivity index (χ4n) is 2.69. The Labute approximate surface area is 122 Å². The third-order valence-electron chi connectivity index (χ3n) is 3.80. The van der Waals surface area contributed by atoms with Crippen LogP contribution in [0.3, 0.4) is 0 Å². The van der Waals surface area contributed by atoms with Gasteiger partial charge < -0.3 is 4.57 Å². The van der Waals surface area contributed by atoms with Crippen molar-refractivity contribution in [2.75, 3.05) is 0 Å². The Hall–Kier alpha value is -2.68. The molecule has 3 rings (SSSR count). The van der Waals surface area contributed by atoms with E-state index in [1.54, 1.807) is 20.0 Å². The second-order valence-corrected chi connectivity index (χ2v) is 5.13. The van der Waals surface area contributed by atoms with E-state index >= 15 is 0 Å². The van der Waals surface area contributed by atoms with Crippen LogP contribution in [0.1, 0.15) is 34.6 Å². The molecule has 2 aromatic carbocycles. The predicted octanol–water partition coefficient (Wildman–Crippen LogP) is 4.30. The van der Waals surface area contributed by atoms with Gasteiger partial charge in [-0.1, -0.05) is 6.58 Å². The van der Waals surface area contributed by atoms with Gasteiger partial charge in [-0.05, 0) is 50.2 Å². The lowest BCUT2D eigenvalue weighted by atomic mass is 10.0. The van der Waals surface area contributed by atoms with Crippen LogP contribution < -0.4 is 0 Å². The molecule has 3 nitrogen and oxygen atoms in total. The quantitative estimate of drug-likeness (QED) is 0.669. The normalized spacial score (nSPS) is 11.0. The number of ketones is 2. The lowest BCUT2D eigenvalue weighted by molar-refractivity contribution is 0.100. The van der Waals surface area contributed by atoms with Crippen LogP contribution in [-0.4, -0.2) is 16.1 Å². The minimum absolute atomic E-state index is 0.0270. The summed E-state index contributed by atoms with van der Waals surface area (Å²) in [5.74, 6) is 0.0539. The summed E-state index contributed by atoms with van der Waals surface area (Å²) in [7, 11) is 0. The molecule has 21 heavy (non-hydrogen) atoms. The zero-order chi connectivity index (χ0) is 15.1. The second kappa shape index (κ2) is 4.70. The summed E-state index contributed by atoms with van der Waals surface area (Å²) in [5, 5.41) is 1.92. The lowest BCUT2D eigenvalue weighted by Gasteiger charge is -2.00. The molecule has 0 saturated carbocycles. The van der Waals surface area contributed by atoms with Gasteiger partial charge in [-0.15, -0.1) is 0 Å². The number of carbonyl (C=O) groups excluding carboxylic acids is 2. The highest BCUT2D eigenvalue weighted by atomic mass is 16.1. The van der Waals surface area contributed by atoms with Crippen LogP contribution in [0.15, 0.2) is 43.0 Å². The van der Waals surface area contributed by atoms with Gasteiger partial charge in [0.15, 0.2) is 11.6 Å². The number of fused-ring (bicyclic) bond motifs is 3. The summed E-state index contributed by atoms with van der Waals surface area (Å²) < 4.78 is 1.97. The zero-order valence-corrected chi connectivity index (χ0v) is 12.0. The van der Waals surface area contributed by atoms with Crippen LogP contribution in [0.5, 0.6) is 0 Å². The first-order valence-electron chi connectivity index (χ1n) is 6.75. The average molecular weight is 277 g/mol. The third-order valence-corrected chi connectivity index (χ3v) is 3.80. The maximum absolute atomic E-state index is 11.6. The number of hydrogen-bond donors (Lipinski definition) is 0. The van der Waals surface area contributed by atoms with Crippen LogP contribution in [0.2, 0.25) is 0 Å². The lowest BCUT2D eigenvalue weighted by Crippen LogP contribution is -1.91. The number of Topliss-reactive ketones (excluding diaryl/α,β-unsaturated/α-hetero) is 2. The molecule has 0 amide bonds. The van der Waals surface area contributed by atoms with Crippen molar-refractivity contribution >= 4 is 39.6 Å². The highest BCUT2D eigenvalue weighted by Gasteiger charge is 2.12. The van der Waals surface area contributed by atoms with Gasteiger partial charge in [-0.2, -0.15) is 0 Å². The summed E-state index contributed by atoms with van der Waals surface area (Å²) in [6, 6.07) is 11.2. The number of nitrogens with zero attached hydrogens (tertiary/aromatic N) is 1. The molecule has 3 heteroatoms. The van der Waals surface area contributed by atoms with Gasteiger partial charge in [-0.3, -0.25) is 9.59 Å². The molecular weight excluding hydrogens is 262 g/mol. The van der Waals surface area contributed by atoms with Crippen molar-refractivity contribution in [3.63, 3.8) is 0 Å². The summed E-state index contributed by atoms with van der Waals surface area (Å²) in [6.07, 6.45) is 1.74. The molecule has 1 heterocycles. The van der Waals surface area contributed by atoms with Crippen molar-refractivity contribution in [2.45, 2.75) is 13.8 Å². The number of benzene rings is 2. The van der Waals surface area contributed by atoms with Gasteiger partial charge in [-0.25, -0.2) is 0 Å². The number of hydrogen-bond acceptors (Lipinski definition) is 2. The minimum Gasteiger partial charge on any atom is -0.317 e. The van der Waals surface area contributed by atoms with Gasteiger partial charge in [0.05, 0.1) is 11.0 Å². The number of carbonyl (C=O) groups is 2. The molecular formula is C18H15NO2. The smallest absolute Gasteiger partial charge is 0.159 e. The van der Waals surface area contributed by atoms with Crippen LogP contribution >= 0.6 is 0 Å². The van der Waals surface area contributed by atoms with Crippen molar-refractivity contribution < 1.29 is 9.59 Å². The molecule has 0 saturated heterocycles. The molecule has 0 aliphatic carbocycles. The van der Waals surface area contributed by atoms with Crippen molar-refractivity contribution in [2.24, 2.45) is 0 Å². The molecule has 0 bridgehead atoms. The van der Waals surface area contributed by atoms with Crippen LogP contribution in [-0.2, 0) is 0 Å². The van der Waals surface area contributed by atoms with E-state index in [1.807, 2.05) is 41.0 Å². The Balaban J connectivity index is 2.48. The molecule has 3 aromatic rings. The van der Waals surface area contributed by atoms with E-state index in [1.165, 1.54) is 0 Å². The van der Waals surface area contributed by atoms with E-state index in [9.17, 15) is 9.59 Å². The first kappa shape index (κ1) is 13.3. The molecule has 0 spiro atoms. The van der Waals surface area contributed by atoms with Crippen LogP contribution in [0.25, 0.3) is 28.0 Å². The highest BCUT2D eigenvalue weighted by Crippen LogP contribution is 2.31. The van der Waals surface area contributed by atoms with Crippen molar-refractivity contribution in [1.29, 1.82) is 0 Å². The Morgan fingerprint density at radius 2 is 1.33 bits per heavy atom. The largest absolute Gasteiger partial charge is 0.317 e. The summed E-state index contributed by atoms with van der Waals surface area (Å²) in [5.41, 5.74) is 3.29. The first-order chi connectivity index (χ1) is 10.0. The van der Waals surface area contributed by atoms with Gasteiger partial charge in [0, 0.05) is 28.1 Å². The van der Waals surface area contributed by atoms with Crippen LogP contribution in [0.4, 0.5) is 0 Å². The van der Waals surface area contributed by atoms with E-state index in [4.69, 9.17) is 0 Å². The molecule has 0 fully saturated rings. The van der Waals surface area contributed by atoms with Crippen LogP contribution in [0, 0.1) is 0 Å². The summed E-state index contributed by atoms with van der Waals surface area (Å²) >= 11 is 0. The number of aromatic nitrogens is 1. The number of rotatable bonds is 3. The van der Waals surface area contributed by atoms with E-state index in [0.29, 0.717) is 11.1 Å². The fraction of sp³-hybridized carbons (Fsp3) is 0.111. The fourth-order valence-corrected chi connectivity index (χ4v) is 2.69.